The van der Waals surface area contributed by atoms with Crippen LogP contribution in [0.1, 0.15) is 15.9 Å². The van der Waals surface area contributed by atoms with E-state index in [0.717, 1.165) is 9.13 Å². The molecule has 0 aliphatic rings. The summed E-state index contributed by atoms with van der Waals surface area (Å²) in [5, 5.41) is 2.76. The molecule has 0 aromatic heterocycles. The minimum absolute atomic E-state index is 0.120. The molecular weight excluding hydrogens is 475 g/mol. The van der Waals surface area contributed by atoms with Gasteiger partial charge in [-0.3, -0.25) is 9.52 Å². The molecule has 138 valence electrons. The lowest BCUT2D eigenvalue weighted by Gasteiger charge is -2.10. The van der Waals surface area contributed by atoms with Gasteiger partial charge in [-0.25, -0.2) is 8.42 Å². The summed E-state index contributed by atoms with van der Waals surface area (Å²) >= 11 is 2.15. The van der Waals surface area contributed by atoms with E-state index in [1.807, 2.05) is 31.2 Å². The van der Waals surface area contributed by atoms with E-state index < -0.39 is 10.0 Å². The summed E-state index contributed by atoms with van der Waals surface area (Å²) in [7, 11) is -3.69. The normalized spacial score (nSPS) is 11.0. The number of hydrogen-bond donors (Lipinski definition) is 2. The summed E-state index contributed by atoms with van der Waals surface area (Å²) in [6, 6.07) is 20.3. The molecule has 3 rings (SSSR count). The van der Waals surface area contributed by atoms with Crippen molar-refractivity contribution in [3.05, 3.63) is 87.5 Å². The van der Waals surface area contributed by atoms with Crippen molar-refractivity contribution in [1.29, 1.82) is 0 Å². The predicted octanol–water partition coefficient (Wildman–Crippen LogP) is 4.65. The van der Waals surface area contributed by atoms with E-state index in [0.29, 0.717) is 16.9 Å². The van der Waals surface area contributed by atoms with E-state index in [1.165, 1.54) is 12.1 Å². The van der Waals surface area contributed by atoms with Crippen LogP contribution in [0, 0.1) is 10.5 Å². The van der Waals surface area contributed by atoms with Crippen molar-refractivity contribution in [3.63, 3.8) is 0 Å². The molecule has 0 saturated carbocycles. The second-order valence-electron chi connectivity index (χ2n) is 5.96. The zero-order valence-electron chi connectivity index (χ0n) is 14.4. The van der Waals surface area contributed by atoms with Gasteiger partial charge < -0.3 is 5.32 Å². The number of carbonyl (C=O) groups is 1. The first-order valence-electron chi connectivity index (χ1n) is 8.10. The molecule has 0 spiro atoms. The zero-order chi connectivity index (χ0) is 19.4. The SMILES string of the molecule is Cc1ccc(C(=O)Nc2ccc(S(=O)(=O)Nc3ccc(I)cc3)cc2)cc1. The molecule has 0 fully saturated rings. The van der Waals surface area contributed by atoms with Gasteiger partial charge >= 0.3 is 0 Å². The lowest BCUT2D eigenvalue weighted by Crippen LogP contribution is -2.14. The van der Waals surface area contributed by atoms with Gasteiger partial charge in [0.25, 0.3) is 15.9 Å². The van der Waals surface area contributed by atoms with Crippen molar-refractivity contribution in [2.24, 2.45) is 0 Å². The molecule has 0 atom stereocenters. The van der Waals surface area contributed by atoms with Gasteiger partial charge in [-0.15, -0.1) is 0 Å². The molecule has 0 heterocycles. The van der Waals surface area contributed by atoms with Gasteiger partial charge in [-0.05, 0) is 90.2 Å². The maximum Gasteiger partial charge on any atom is 0.261 e. The van der Waals surface area contributed by atoms with Crippen molar-refractivity contribution >= 4 is 49.9 Å². The molecule has 3 aromatic carbocycles. The first-order valence-corrected chi connectivity index (χ1v) is 10.7. The van der Waals surface area contributed by atoms with Crippen molar-refractivity contribution in [1.82, 2.24) is 0 Å². The third-order valence-corrected chi connectivity index (χ3v) is 5.95. The van der Waals surface area contributed by atoms with Gasteiger partial charge in [0.15, 0.2) is 0 Å². The number of halogens is 1. The third kappa shape index (κ3) is 5.08. The van der Waals surface area contributed by atoms with Crippen LogP contribution < -0.4 is 10.0 Å². The topological polar surface area (TPSA) is 75.3 Å². The Hall–Kier alpha value is -2.39. The minimum Gasteiger partial charge on any atom is -0.322 e. The molecule has 2 N–H and O–H groups in total. The number of benzene rings is 3. The van der Waals surface area contributed by atoms with Crippen LogP contribution in [0.5, 0.6) is 0 Å². The molecule has 3 aromatic rings. The standard InChI is InChI=1S/C20H17IN2O3S/c1-14-2-4-15(5-3-14)20(24)22-17-10-12-19(13-11-17)27(25,26)23-18-8-6-16(21)7-9-18/h2-13,23H,1H3,(H,22,24). The van der Waals surface area contributed by atoms with Crippen LogP contribution in [0.2, 0.25) is 0 Å². The molecule has 0 bridgehead atoms. The van der Waals surface area contributed by atoms with E-state index in [2.05, 4.69) is 32.6 Å². The van der Waals surface area contributed by atoms with E-state index in [-0.39, 0.29) is 10.8 Å². The van der Waals surface area contributed by atoms with Gasteiger partial charge in [0, 0.05) is 20.5 Å². The number of sulfonamides is 1. The van der Waals surface area contributed by atoms with Crippen LogP contribution in [0.3, 0.4) is 0 Å². The minimum atomic E-state index is -3.69. The van der Waals surface area contributed by atoms with Gasteiger partial charge in [0.1, 0.15) is 0 Å². The van der Waals surface area contributed by atoms with Crippen LogP contribution in [0.15, 0.2) is 77.7 Å². The molecule has 0 radical (unpaired) electrons. The number of aryl methyl sites for hydroxylation is 1. The number of anilines is 2. The van der Waals surface area contributed by atoms with E-state index in [9.17, 15) is 13.2 Å². The fraction of sp³-hybridized carbons (Fsp3) is 0.0500. The lowest BCUT2D eigenvalue weighted by molar-refractivity contribution is 0.102. The second kappa shape index (κ2) is 8.10. The Balaban J connectivity index is 1.71. The number of amides is 1. The summed E-state index contributed by atoms with van der Waals surface area (Å²) in [6.45, 7) is 1.95. The van der Waals surface area contributed by atoms with E-state index in [1.54, 1.807) is 36.4 Å². The number of nitrogens with one attached hydrogen (secondary N) is 2. The predicted molar refractivity (Wildman–Crippen MR) is 116 cm³/mol. The van der Waals surface area contributed by atoms with Crippen molar-refractivity contribution in [3.8, 4) is 0 Å². The molecule has 0 saturated heterocycles. The number of rotatable bonds is 5. The van der Waals surface area contributed by atoms with Gasteiger partial charge in [0.2, 0.25) is 0 Å². The highest BCUT2D eigenvalue weighted by atomic mass is 127. The molecule has 0 unspecified atom stereocenters. The second-order valence-corrected chi connectivity index (χ2v) is 8.88. The largest absolute Gasteiger partial charge is 0.322 e. The maximum absolute atomic E-state index is 12.5. The molecule has 0 aliphatic carbocycles. The van der Waals surface area contributed by atoms with Gasteiger partial charge in [-0.2, -0.15) is 0 Å². The average molecular weight is 492 g/mol. The Bertz CT molecular complexity index is 1050. The number of carbonyl (C=O) groups excluding carboxylic acids is 1. The lowest BCUT2D eigenvalue weighted by atomic mass is 10.1. The van der Waals surface area contributed by atoms with Crippen LogP contribution in [-0.4, -0.2) is 14.3 Å². The molecular formula is C20H17IN2O3S. The summed E-state index contributed by atoms with van der Waals surface area (Å²) in [4.78, 5) is 12.4. The highest BCUT2D eigenvalue weighted by Crippen LogP contribution is 2.19. The smallest absolute Gasteiger partial charge is 0.261 e. The first-order chi connectivity index (χ1) is 12.8. The quantitative estimate of drug-likeness (QED) is 0.510. The van der Waals surface area contributed by atoms with Gasteiger partial charge in [-0.1, -0.05) is 17.7 Å². The number of hydrogen-bond acceptors (Lipinski definition) is 3. The van der Waals surface area contributed by atoms with E-state index in [4.69, 9.17) is 0 Å². The van der Waals surface area contributed by atoms with E-state index >= 15 is 0 Å². The molecule has 7 heteroatoms. The fourth-order valence-electron chi connectivity index (χ4n) is 2.36. The highest BCUT2D eigenvalue weighted by Gasteiger charge is 2.14. The Morgan fingerprint density at radius 1 is 0.815 bits per heavy atom. The van der Waals surface area contributed by atoms with Crippen LogP contribution in [0.4, 0.5) is 11.4 Å². The third-order valence-electron chi connectivity index (χ3n) is 3.83. The van der Waals surface area contributed by atoms with Gasteiger partial charge in [0.05, 0.1) is 4.90 Å². The van der Waals surface area contributed by atoms with Crippen molar-refractivity contribution < 1.29 is 13.2 Å². The monoisotopic (exact) mass is 492 g/mol. The average Bonchev–Trinajstić information content (AvgIpc) is 2.64. The van der Waals surface area contributed by atoms with Crippen LogP contribution in [-0.2, 0) is 10.0 Å². The Morgan fingerprint density at radius 3 is 1.96 bits per heavy atom. The highest BCUT2D eigenvalue weighted by molar-refractivity contribution is 14.1. The maximum atomic E-state index is 12.5. The molecule has 27 heavy (non-hydrogen) atoms. The summed E-state index contributed by atoms with van der Waals surface area (Å²) in [5.74, 6) is -0.248. The molecule has 1 amide bonds. The Labute approximate surface area is 172 Å². The summed E-state index contributed by atoms with van der Waals surface area (Å²) in [5.41, 5.74) is 2.63. The Morgan fingerprint density at radius 2 is 1.37 bits per heavy atom. The molecule has 5 nitrogen and oxygen atoms in total. The van der Waals surface area contributed by atoms with Crippen molar-refractivity contribution in [2.75, 3.05) is 10.0 Å². The summed E-state index contributed by atoms with van der Waals surface area (Å²) < 4.78 is 28.5. The first kappa shape index (κ1) is 19.4. The molecule has 0 aliphatic heterocycles. The zero-order valence-corrected chi connectivity index (χ0v) is 17.4. The Kier molecular flexibility index (Phi) is 5.81. The van der Waals surface area contributed by atoms with Crippen LogP contribution in [0.25, 0.3) is 0 Å². The van der Waals surface area contributed by atoms with Crippen LogP contribution >= 0.6 is 22.6 Å². The van der Waals surface area contributed by atoms with Crippen molar-refractivity contribution in [2.45, 2.75) is 11.8 Å². The fourth-order valence-corrected chi connectivity index (χ4v) is 3.78. The summed E-state index contributed by atoms with van der Waals surface area (Å²) in [6.07, 6.45) is 0.